The lowest BCUT2D eigenvalue weighted by Gasteiger charge is -2.11. The van der Waals surface area contributed by atoms with Crippen molar-refractivity contribution in [2.45, 2.75) is 20.8 Å². The molecule has 0 bridgehead atoms. The second-order valence-electron chi connectivity index (χ2n) is 2.67. The first kappa shape index (κ1) is 8.26. The molecule has 0 saturated carbocycles. The third kappa shape index (κ3) is 3.81. The molecule has 9 heavy (non-hydrogen) atoms. The first-order valence-corrected chi connectivity index (χ1v) is 3.13. The van der Waals surface area contributed by atoms with Crippen molar-refractivity contribution in [2.75, 3.05) is 0 Å². The van der Waals surface area contributed by atoms with E-state index in [1.165, 1.54) is 0 Å². The summed E-state index contributed by atoms with van der Waals surface area (Å²) in [5, 5.41) is 0. The summed E-state index contributed by atoms with van der Waals surface area (Å²) in [4.78, 5) is 0. The molecule has 0 aliphatic heterocycles. The molecule has 0 nitrogen and oxygen atoms in total. The maximum Gasteiger partial charge on any atom is 0.00795 e. The van der Waals surface area contributed by atoms with Crippen molar-refractivity contribution in [3.05, 3.63) is 30.5 Å². The highest BCUT2D eigenvalue weighted by molar-refractivity contribution is 5.05. The summed E-state index contributed by atoms with van der Waals surface area (Å²) in [5.41, 5.74) is 2.89. The van der Waals surface area contributed by atoms with Crippen LogP contribution in [0.25, 0.3) is 0 Å². The van der Waals surface area contributed by atoms with Crippen LogP contribution in [0.1, 0.15) is 20.8 Å². The van der Waals surface area contributed by atoms with Gasteiger partial charge in [0.25, 0.3) is 0 Å². The van der Waals surface area contributed by atoms with Crippen LogP contribution in [0.4, 0.5) is 0 Å². The van der Waals surface area contributed by atoms with Crippen LogP contribution in [0.2, 0.25) is 0 Å². The molecule has 0 aromatic heterocycles. The summed E-state index contributed by atoms with van der Waals surface area (Å²) in [7, 11) is 0. The van der Waals surface area contributed by atoms with Gasteiger partial charge in [0.05, 0.1) is 0 Å². The van der Waals surface area contributed by atoms with Gasteiger partial charge in [0.15, 0.2) is 0 Å². The number of rotatable bonds is 2. The summed E-state index contributed by atoms with van der Waals surface area (Å²) >= 11 is 0. The molecule has 0 radical (unpaired) electrons. The molecule has 0 heterocycles. The zero-order valence-corrected chi connectivity index (χ0v) is 6.44. The van der Waals surface area contributed by atoms with Crippen LogP contribution in [-0.4, -0.2) is 0 Å². The summed E-state index contributed by atoms with van der Waals surface area (Å²) in [6, 6.07) is 0. The van der Waals surface area contributed by atoms with Crippen LogP contribution in [0, 0.1) is 5.41 Å². The molecule has 50 valence electrons. The van der Waals surface area contributed by atoms with Crippen molar-refractivity contribution >= 4 is 0 Å². The van der Waals surface area contributed by atoms with Crippen LogP contribution in [0.3, 0.4) is 0 Å². The molecule has 0 saturated heterocycles. The highest BCUT2D eigenvalue weighted by Gasteiger charge is 2.05. The molecule has 0 amide bonds. The second-order valence-corrected chi connectivity index (χ2v) is 2.67. The van der Waals surface area contributed by atoms with Gasteiger partial charge in [0.1, 0.15) is 0 Å². The topological polar surface area (TPSA) is 0 Å². The van der Waals surface area contributed by atoms with E-state index in [0.29, 0.717) is 0 Å². The van der Waals surface area contributed by atoms with E-state index in [9.17, 15) is 0 Å². The molecule has 0 aromatic carbocycles. The minimum Gasteiger partial charge on any atom is -0.132 e. The van der Waals surface area contributed by atoms with Crippen LogP contribution in [0.15, 0.2) is 30.5 Å². The average molecular weight is 122 g/mol. The molecule has 0 rings (SSSR count). The van der Waals surface area contributed by atoms with Gasteiger partial charge < -0.3 is 0 Å². The van der Waals surface area contributed by atoms with Gasteiger partial charge in [0.2, 0.25) is 0 Å². The van der Waals surface area contributed by atoms with E-state index in [0.717, 1.165) is 0 Å². The maximum atomic E-state index is 3.51. The van der Waals surface area contributed by atoms with E-state index in [1.54, 1.807) is 0 Å². The van der Waals surface area contributed by atoms with Crippen LogP contribution >= 0.6 is 0 Å². The van der Waals surface area contributed by atoms with Crippen LogP contribution < -0.4 is 0 Å². The Morgan fingerprint density at radius 1 is 1.44 bits per heavy atom. The van der Waals surface area contributed by atoms with Gasteiger partial charge >= 0.3 is 0 Å². The highest BCUT2D eigenvalue weighted by atomic mass is 14.1. The minimum atomic E-state index is 0.122. The quantitative estimate of drug-likeness (QED) is 0.390. The van der Waals surface area contributed by atoms with E-state index in [1.807, 2.05) is 19.1 Å². The zero-order chi connectivity index (χ0) is 7.33. The van der Waals surface area contributed by atoms with Gasteiger partial charge in [-0.15, -0.1) is 5.73 Å². The largest absolute Gasteiger partial charge is 0.132 e. The molecular weight excluding hydrogens is 108 g/mol. The molecule has 0 fully saturated rings. The normalized spacial score (nSPS) is 11.4. The first-order chi connectivity index (χ1) is 4.12. The Bertz CT molecular complexity index is 143. The van der Waals surface area contributed by atoms with Gasteiger partial charge in [-0.2, -0.15) is 0 Å². The fourth-order valence-corrected chi connectivity index (χ4v) is 0.741. The van der Waals surface area contributed by atoms with E-state index in [2.05, 4.69) is 32.2 Å². The summed E-state index contributed by atoms with van der Waals surface area (Å²) < 4.78 is 0. The van der Waals surface area contributed by atoms with Gasteiger partial charge in [-0.05, 0) is 13.0 Å². The average Bonchev–Trinajstić information content (AvgIpc) is 1.64. The first-order valence-electron chi connectivity index (χ1n) is 3.13. The molecule has 0 N–H and O–H groups in total. The van der Waals surface area contributed by atoms with Crippen molar-refractivity contribution in [3.8, 4) is 0 Å². The predicted octanol–water partition coefficient (Wildman–Crippen LogP) is 2.93. The van der Waals surface area contributed by atoms with Crippen molar-refractivity contribution in [1.82, 2.24) is 0 Å². The fraction of sp³-hybridized carbons (Fsp3) is 0.444. The van der Waals surface area contributed by atoms with E-state index < -0.39 is 0 Å². The second kappa shape index (κ2) is 3.32. The van der Waals surface area contributed by atoms with E-state index >= 15 is 0 Å². The molecule has 0 aromatic rings. The third-order valence-corrected chi connectivity index (χ3v) is 1.07. The van der Waals surface area contributed by atoms with Crippen molar-refractivity contribution in [2.24, 2.45) is 5.41 Å². The Kier molecular flexibility index (Phi) is 3.05. The lowest BCUT2D eigenvalue weighted by Crippen LogP contribution is -2.00. The molecule has 0 aliphatic carbocycles. The Balaban J connectivity index is 4.18. The molecule has 0 atom stereocenters. The maximum absolute atomic E-state index is 3.51. The summed E-state index contributed by atoms with van der Waals surface area (Å²) in [6.07, 6.45) is 6.10. The SMILES string of the molecule is C=C=CC(C)(C)C=CC. The van der Waals surface area contributed by atoms with Gasteiger partial charge in [-0.25, -0.2) is 0 Å². The number of hydrogen-bond acceptors (Lipinski definition) is 0. The lowest BCUT2D eigenvalue weighted by atomic mass is 9.93. The lowest BCUT2D eigenvalue weighted by molar-refractivity contribution is 0.626. The molecule has 0 unspecified atom stereocenters. The number of allylic oxidation sites excluding steroid dienone is 3. The monoisotopic (exact) mass is 122 g/mol. The Hall–Kier alpha value is -0.740. The minimum absolute atomic E-state index is 0.122. The summed E-state index contributed by atoms with van der Waals surface area (Å²) in [5.74, 6) is 0. The van der Waals surface area contributed by atoms with Crippen molar-refractivity contribution < 1.29 is 0 Å². The third-order valence-electron chi connectivity index (χ3n) is 1.07. The van der Waals surface area contributed by atoms with Gasteiger partial charge in [-0.1, -0.05) is 32.6 Å². The standard InChI is InChI=1S/C9H14/c1-5-7-9(3,4)8-6-2/h6-8H,1H2,2-4H3. The van der Waals surface area contributed by atoms with Crippen molar-refractivity contribution in [3.63, 3.8) is 0 Å². The van der Waals surface area contributed by atoms with Crippen LogP contribution in [0.5, 0.6) is 0 Å². The van der Waals surface area contributed by atoms with Gasteiger partial charge in [-0.3, -0.25) is 0 Å². The van der Waals surface area contributed by atoms with E-state index in [-0.39, 0.29) is 5.41 Å². The Morgan fingerprint density at radius 3 is 2.33 bits per heavy atom. The molecule has 0 heteroatoms. The van der Waals surface area contributed by atoms with Crippen LogP contribution in [-0.2, 0) is 0 Å². The van der Waals surface area contributed by atoms with Gasteiger partial charge in [0, 0.05) is 5.41 Å². The molecule has 0 aliphatic rings. The molecular formula is C9H14. The summed E-state index contributed by atoms with van der Waals surface area (Å²) in [6.45, 7) is 9.76. The Morgan fingerprint density at radius 2 is 2.00 bits per heavy atom. The smallest absolute Gasteiger partial charge is 0.00795 e. The fourth-order valence-electron chi connectivity index (χ4n) is 0.741. The highest BCUT2D eigenvalue weighted by Crippen LogP contribution is 2.17. The number of hydrogen-bond donors (Lipinski definition) is 0. The Labute approximate surface area is 57.6 Å². The predicted molar refractivity (Wildman–Crippen MR) is 42.3 cm³/mol. The zero-order valence-electron chi connectivity index (χ0n) is 6.44. The molecule has 0 spiro atoms. The van der Waals surface area contributed by atoms with Crippen molar-refractivity contribution in [1.29, 1.82) is 0 Å². The van der Waals surface area contributed by atoms with E-state index in [4.69, 9.17) is 0 Å².